The van der Waals surface area contributed by atoms with Gasteiger partial charge in [0.1, 0.15) is 5.54 Å². The number of fused-ring (bicyclic) bond motifs is 1. The van der Waals surface area contributed by atoms with Crippen molar-refractivity contribution >= 4 is 5.97 Å². The first-order valence-electron chi connectivity index (χ1n) is 8.07. The van der Waals surface area contributed by atoms with Crippen molar-refractivity contribution in [2.24, 2.45) is 5.92 Å². The van der Waals surface area contributed by atoms with Crippen LogP contribution in [0.1, 0.15) is 50.9 Å². The van der Waals surface area contributed by atoms with E-state index in [4.69, 9.17) is 0 Å². The lowest BCUT2D eigenvalue weighted by Crippen LogP contribution is -2.59. The molecule has 116 valence electrons. The molecule has 1 aromatic heterocycles. The van der Waals surface area contributed by atoms with Gasteiger partial charge in [-0.2, -0.15) is 0 Å². The molecule has 5 nitrogen and oxygen atoms in total. The largest absolute Gasteiger partial charge is 0.480 e. The lowest BCUT2D eigenvalue weighted by atomic mass is 9.91. The number of aryl methyl sites for hydroxylation is 1. The highest BCUT2D eigenvalue weighted by molar-refractivity contribution is 5.80. The highest BCUT2D eigenvalue weighted by Crippen LogP contribution is 2.41. The Morgan fingerprint density at radius 1 is 1.48 bits per heavy atom. The van der Waals surface area contributed by atoms with E-state index in [9.17, 15) is 9.90 Å². The summed E-state index contributed by atoms with van der Waals surface area (Å²) in [5.74, 6) is -0.490. The topological polar surface area (TPSA) is 67.2 Å². The second-order valence-electron chi connectivity index (χ2n) is 6.82. The average Bonchev–Trinajstić information content (AvgIpc) is 3.21. The maximum Gasteiger partial charge on any atom is 0.326 e. The SMILES string of the molecule is CC(C)NC(Cn1cnc2c1CCCC2)(C(=O)O)C1CC1. The molecule has 1 fully saturated rings. The molecule has 2 aliphatic carbocycles. The van der Waals surface area contributed by atoms with E-state index in [1.165, 1.54) is 24.2 Å². The molecule has 5 heteroatoms. The first-order chi connectivity index (χ1) is 10.0. The second kappa shape index (κ2) is 5.44. The summed E-state index contributed by atoms with van der Waals surface area (Å²) in [7, 11) is 0. The maximum atomic E-state index is 12.0. The lowest BCUT2D eigenvalue weighted by molar-refractivity contribution is -0.147. The van der Waals surface area contributed by atoms with Crippen LogP contribution in [0, 0.1) is 5.92 Å². The molecular weight excluding hydrogens is 266 g/mol. The Morgan fingerprint density at radius 3 is 2.81 bits per heavy atom. The second-order valence-corrected chi connectivity index (χ2v) is 6.82. The Kier molecular flexibility index (Phi) is 3.78. The zero-order valence-electron chi connectivity index (χ0n) is 12.9. The number of nitrogens with zero attached hydrogens (tertiary/aromatic N) is 2. The van der Waals surface area contributed by atoms with Crippen molar-refractivity contribution in [2.45, 2.75) is 70.5 Å². The molecule has 0 amide bonds. The van der Waals surface area contributed by atoms with Gasteiger partial charge in [-0.05, 0) is 58.3 Å². The predicted molar refractivity (Wildman–Crippen MR) is 80.2 cm³/mol. The van der Waals surface area contributed by atoms with Crippen molar-refractivity contribution in [3.63, 3.8) is 0 Å². The van der Waals surface area contributed by atoms with Crippen molar-refractivity contribution in [1.82, 2.24) is 14.9 Å². The Morgan fingerprint density at radius 2 is 2.19 bits per heavy atom. The van der Waals surface area contributed by atoms with Crippen LogP contribution in [-0.2, 0) is 24.2 Å². The molecular formula is C16H25N3O2. The fourth-order valence-corrected chi connectivity index (χ4v) is 3.62. The van der Waals surface area contributed by atoms with Crippen LogP contribution in [-0.4, -0.2) is 32.2 Å². The minimum Gasteiger partial charge on any atom is -0.480 e. The molecule has 2 aliphatic rings. The molecule has 1 saturated carbocycles. The van der Waals surface area contributed by atoms with Gasteiger partial charge in [0.05, 0.1) is 18.6 Å². The molecule has 2 N–H and O–H groups in total. The van der Waals surface area contributed by atoms with Gasteiger partial charge in [-0.3, -0.25) is 10.1 Å². The fourth-order valence-electron chi connectivity index (χ4n) is 3.62. The van der Waals surface area contributed by atoms with Crippen LogP contribution in [0.5, 0.6) is 0 Å². The van der Waals surface area contributed by atoms with E-state index in [1.54, 1.807) is 0 Å². The summed E-state index contributed by atoms with van der Waals surface area (Å²) in [6.45, 7) is 4.53. The van der Waals surface area contributed by atoms with Gasteiger partial charge in [0, 0.05) is 11.7 Å². The molecule has 1 aromatic rings. The van der Waals surface area contributed by atoms with Gasteiger partial charge in [0.25, 0.3) is 0 Å². The normalized spacial score (nSPS) is 21.1. The van der Waals surface area contributed by atoms with Crippen molar-refractivity contribution in [1.29, 1.82) is 0 Å². The van der Waals surface area contributed by atoms with E-state index in [0.717, 1.165) is 25.7 Å². The number of rotatable bonds is 6. The number of carboxylic acid groups (broad SMARTS) is 1. The van der Waals surface area contributed by atoms with Crippen LogP contribution >= 0.6 is 0 Å². The Labute approximate surface area is 125 Å². The molecule has 0 spiro atoms. The average molecular weight is 291 g/mol. The van der Waals surface area contributed by atoms with Crippen LogP contribution in [0.3, 0.4) is 0 Å². The fraction of sp³-hybridized carbons (Fsp3) is 0.750. The molecule has 1 atom stereocenters. The highest BCUT2D eigenvalue weighted by Gasteiger charge is 2.52. The number of nitrogens with one attached hydrogen (secondary N) is 1. The predicted octanol–water partition coefficient (Wildman–Crippen LogP) is 1.99. The van der Waals surface area contributed by atoms with Gasteiger partial charge < -0.3 is 9.67 Å². The molecule has 0 aromatic carbocycles. The number of carboxylic acids is 1. The Balaban J connectivity index is 1.90. The summed E-state index contributed by atoms with van der Waals surface area (Å²) in [4.78, 5) is 16.5. The molecule has 0 aliphatic heterocycles. The van der Waals surface area contributed by atoms with E-state index >= 15 is 0 Å². The summed E-state index contributed by atoms with van der Waals surface area (Å²) < 4.78 is 2.09. The number of carbonyl (C=O) groups is 1. The third-order valence-electron chi connectivity index (χ3n) is 4.73. The van der Waals surface area contributed by atoms with Gasteiger partial charge in [0.15, 0.2) is 0 Å². The van der Waals surface area contributed by atoms with E-state index in [2.05, 4.69) is 14.9 Å². The summed E-state index contributed by atoms with van der Waals surface area (Å²) >= 11 is 0. The summed E-state index contributed by atoms with van der Waals surface area (Å²) in [5.41, 5.74) is 1.57. The first kappa shape index (κ1) is 14.6. The van der Waals surface area contributed by atoms with Crippen molar-refractivity contribution in [3.05, 3.63) is 17.7 Å². The summed E-state index contributed by atoms with van der Waals surface area (Å²) in [6, 6.07) is 0.154. The minimum atomic E-state index is -0.847. The monoisotopic (exact) mass is 291 g/mol. The van der Waals surface area contributed by atoms with Crippen molar-refractivity contribution in [2.75, 3.05) is 0 Å². The molecule has 0 saturated heterocycles. The third kappa shape index (κ3) is 2.71. The number of hydrogen-bond acceptors (Lipinski definition) is 3. The number of aliphatic carboxylic acids is 1. The first-order valence-corrected chi connectivity index (χ1v) is 8.07. The Bertz CT molecular complexity index is 534. The van der Waals surface area contributed by atoms with Gasteiger partial charge in [-0.15, -0.1) is 0 Å². The van der Waals surface area contributed by atoms with E-state index < -0.39 is 11.5 Å². The lowest BCUT2D eigenvalue weighted by Gasteiger charge is -2.34. The van der Waals surface area contributed by atoms with Crippen molar-refractivity contribution in [3.8, 4) is 0 Å². The maximum absolute atomic E-state index is 12.0. The van der Waals surface area contributed by atoms with E-state index in [0.29, 0.717) is 6.54 Å². The van der Waals surface area contributed by atoms with Crippen LogP contribution in [0.25, 0.3) is 0 Å². The number of aromatic nitrogens is 2. The van der Waals surface area contributed by atoms with Gasteiger partial charge in [-0.1, -0.05) is 0 Å². The molecule has 21 heavy (non-hydrogen) atoms. The molecule has 0 radical (unpaired) electrons. The van der Waals surface area contributed by atoms with Gasteiger partial charge in [0.2, 0.25) is 0 Å². The molecule has 1 heterocycles. The van der Waals surface area contributed by atoms with Crippen LogP contribution in [0.2, 0.25) is 0 Å². The minimum absolute atomic E-state index is 0.154. The summed E-state index contributed by atoms with van der Waals surface area (Å²) in [6.07, 6.45) is 8.28. The van der Waals surface area contributed by atoms with Gasteiger partial charge in [-0.25, -0.2) is 4.98 Å². The van der Waals surface area contributed by atoms with Crippen LogP contribution in [0.4, 0.5) is 0 Å². The summed E-state index contributed by atoms with van der Waals surface area (Å²) in [5, 5.41) is 13.2. The molecule has 3 rings (SSSR count). The quantitative estimate of drug-likeness (QED) is 0.841. The van der Waals surface area contributed by atoms with Crippen LogP contribution < -0.4 is 5.32 Å². The standard InChI is InChI=1S/C16H25N3O2/c1-11(2)18-16(15(20)21,12-7-8-12)9-19-10-17-13-5-3-4-6-14(13)19/h10-12,18H,3-9H2,1-2H3,(H,20,21). The number of imidazole rings is 1. The zero-order chi connectivity index (χ0) is 15.0. The van der Waals surface area contributed by atoms with E-state index in [-0.39, 0.29) is 12.0 Å². The van der Waals surface area contributed by atoms with Gasteiger partial charge >= 0.3 is 5.97 Å². The Hall–Kier alpha value is -1.36. The molecule has 0 bridgehead atoms. The molecule has 1 unspecified atom stereocenters. The van der Waals surface area contributed by atoms with E-state index in [1.807, 2.05) is 20.2 Å². The third-order valence-corrected chi connectivity index (χ3v) is 4.73. The zero-order valence-corrected chi connectivity index (χ0v) is 12.9. The smallest absolute Gasteiger partial charge is 0.326 e. The number of hydrogen-bond donors (Lipinski definition) is 2. The van der Waals surface area contributed by atoms with Crippen molar-refractivity contribution < 1.29 is 9.90 Å². The van der Waals surface area contributed by atoms with Crippen LogP contribution in [0.15, 0.2) is 6.33 Å². The highest BCUT2D eigenvalue weighted by atomic mass is 16.4.